The lowest BCUT2D eigenvalue weighted by Crippen LogP contribution is -2.17. The molecule has 22 heavy (non-hydrogen) atoms. The summed E-state index contributed by atoms with van der Waals surface area (Å²) in [5, 5.41) is 6.92. The Labute approximate surface area is 125 Å². The first kappa shape index (κ1) is 13.8. The van der Waals surface area contributed by atoms with Gasteiger partial charge in [-0.3, -0.25) is 4.79 Å². The average molecular weight is 296 g/mol. The zero-order valence-electron chi connectivity index (χ0n) is 11.7. The smallest absolute Gasteiger partial charge is 0.364 e. The number of nitrogens with zero attached hydrogens (tertiary/aromatic N) is 1. The van der Waals surface area contributed by atoms with Crippen LogP contribution in [0.3, 0.4) is 0 Å². The van der Waals surface area contributed by atoms with Crippen molar-refractivity contribution in [2.24, 2.45) is 0 Å². The lowest BCUT2D eigenvalue weighted by molar-refractivity contribution is 0.0724. The monoisotopic (exact) mass is 296 g/mol. The molecule has 1 heterocycles. The number of aromatic amines is 1. The van der Waals surface area contributed by atoms with E-state index in [0.717, 1.165) is 0 Å². The maximum Gasteiger partial charge on any atom is 0.364 e. The summed E-state index contributed by atoms with van der Waals surface area (Å²) in [7, 11) is 1.49. The van der Waals surface area contributed by atoms with Crippen LogP contribution in [0.2, 0.25) is 0 Å². The summed E-state index contributed by atoms with van der Waals surface area (Å²) < 4.78 is 10.5. The minimum absolute atomic E-state index is 0.0427. The molecular formula is C16H12N2O4. The van der Waals surface area contributed by atoms with E-state index in [1.54, 1.807) is 48.5 Å². The van der Waals surface area contributed by atoms with E-state index in [1.807, 2.05) is 0 Å². The van der Waals surface area contributed by atoms with E-state index in [9.17, 15) is 9.59 Å². The fraction of sp³-hybridized carbons (Fsp3) is 0.0625. The third-order valence-corrected chi connectivity index (χ3v) is 3.16. The second-order valence-corrected chi connectivity index (χ2v) is 4.49. The van der Waals surface area contributed by atoms with Gasteiger partial charge in [-0.2, -0.15) is 5.10 Å². The van der Waals surface area contributed by atoms with Crippen molar-refractivity contribution in [1.29, 1.82) is 0 Å². The van der Waals surface area contributed by atoms with E-state index in [1.165, 1.54) is 7.11 Å². The van der Waals surface area contributed by atoms with Crippen LogP contribution in [0.15, 0.2) is 53.3 Å². The Morgan fingerprint density at radius 2 is 1.64 bits per heavy atom. The number of methoxy groups -OCH3 is 1. The Balaban J connectivity index is 2.03. The van der Waals surface area contributed by atoms with Gasteiger partial charge < -0.3 is 9.47 Å². The van der Waals surface area contributed by atoms with Crippen LogP contribution < -0.4 is 15.0 Å². The lowest BCUT2D eigenvalue weighted by atomic mass is 10.1. The number of H-pyrrole nitrogens is 1. The van der Waals surface area contributed by atoms with E-state index in [2.05, 4.69) is 10.2 Å². The molecule has 0 aliphatic carbocycles. The number of hydrogen-bond acceptors (Lipinski definition) is 5. The maximum atomic E-state index is 12.3. The van der Waals surface area contributed by atoms with Gasteiger partial charge in [0.2, 0.25) is 0 Å². The van der Waals surface area contributed by atoms with E-state index in [-0.39, 0.29) is 17.0 Å². The highest BCUT2D eigenvalue weighted by Gasteiger charge is 2.17. The van der Waals surface area contributed by atoms with Gasteiger partial charge in [-0.1, -0.05) is 30.3 Å². The molecule has 3 rings (SSSR count). The molecule has 1 aromatic heterocycles. The molecule has 3 aromatic rings. The molecule has 0 bridgehead atoms. The molecule has 0 radical (unpaired) electrons. The van der Waals surface area contributed by atoms with Crippen LogP contribution in [0, 0.1) is 0 Å². The van der Waals surface area contributed by atoms with Crippen LogP contribution in [-0.4, -0.2) is 23.3 Å². The van der Waals surface area contributed by atoms with Gasteiger partial charge in [0.15, 0.2) is 17.2 Å². The highest BCUT2D eigenvalue weighted by atomic mass is 16.6. The Morgan fingerprint density at radius 3 is 2.36 bits per heavy atom. The summed E-state index contributed by atoms with van der Waals surface area (Å²) in [5.74, 6) is 0.0496. The van der Waals surface area contributed by atoms with Gasteiger partial charge >= 0.3 is 5.97 Å². The fourth-order valence-corrected chi connectivity index (χ4v) is 2.12. The predicted octanol–water partition coefficient (Wildman–Crippen LogP) is 2.15. The van der Waals surface area contributed by atoms with Crippen molar-refractivity contribution in [1.82, 2.24) is 10.2 Å². The molecule has 0 fully saturated rings. The highest BCUT2D eigenvalue weighted by Crippen LogP contribution is 2.27. The number of hydrogen-bond donors (Lipinski definition) is 1. The van der Waals surface area contributed by atoms with Gasteiger partial charge in [-0.25, -0.2) is 9.89 Å². The molecule has 0 aliphatic heterocycles. The average Bonchev–Trinajstić information content (AvgIpc) is 2.56. The molecule has 0 spiro atoms. The number of rotatable bonds is 3. The molecule has 0 saturated carbocycles. The maximum absolute atomic E-state index is 12.3. The molecule has 0 aliphatic rings. The molecule has 6 heteroatoms. The number of carbonyl (C=O) groups excluding carboxylic acids is 1. The second kappa shape index (κ2) is 5.69. The van der Waals surface area contributed by atoms with Crippen molar-refractivity contribution >= 4 is 16.7 Å². The molecule has 110 valence electrons. The second-order valence-electron chi connectivity index (χ2n) is 4.49. The predicted molar refractivity (Wildman–Crippen MR) is 80.3 cm³/mol. The van der Waals surface area contributed by atoms with Crippen molar-refractivity contribution < 1.29 is 14.3 Å². The number of ether oxygens (including phenoxy) is 2. The van der Waals surface area contributed by atoms with Gasteiger partial charge in [-0.15, -0.1) is 0 Å². The van der Waals surface area contributed by atoms with Gasteiger partial charge in [0, 0.05) is 5.39 Å². The Kier molecular flexibility index (Phi) is 3.57. The van der Waals surface area contributed by atoms with Crippen LogP contribution in [-0.2, 0) is 0 Å². The van der Waals surface area contributed by atoms with Gasteiger partial charge in [-0.05, 0) is 18.2 Å². The topological polar surface area (TPSA) is 81.3 Å². The van der Waals surface area contributed by atoms with E-state index < -0.39 is 5.97 Å². The number of carbonyl (C=O) groups is 1. The third kappa shape index (κ3) is 2.42. The molecule has 2 aromatic carbocycles. The number of fused-ring (bicyclic) bond motifs is 1. The van der Waals surface area contributed by atoms with Crippen LogP contribution in [0.25, 0.3) is 10.8 Å². The third-order valence-electron chi connectivity index (χ3n) is 3.16. The molecule has 0 atom stereocenters. The van der Waals surface area contributed by atoms with Gasteiger partial charge in [0.25, 0.3) is 5.56 Å². The van der Waals surface area contributed by atoms with Crippen molar-refractivity contribution in [3.8, 4) is 11.5 Å². The quantitative estimate of drug-likeness (QED) is 0.591. The largest absolute Gasteiger partial charge is 0.493 e. The first-order valence-corrected chi connectivity index (χ1v) is 6.53. The van der Waals surface area contributed by atoms with Crippen LogP contribution in [0.4, 0.5) is 0 Å². The first-order valence-electron chi connectivity index (χ1n) is 6.53. The Bertz CT molecular complexity index is 902. The minimum Gasteiger partial charge on any atom is -0.493 e. The van der Waals surface area contributed by atoms with Crippen molar-refractivity contribution in [2.75, 3.05) is 7.11 Å². The van der Waals surface area contributed by atoms with Crippen molar-refractivity contribution in [3.05, 3.63) is 64.6 Å². The molecule has 1 N–H and O–H groups in total. The number of para-hydroxylation sites is 2. The number of benzene rings is 2. The number of nitrogens with one attached hydrogen (secondary N) is 1. The standard InChI is InChI=1S/C16H12N2O4/c1-21-12-8-4-5-9-13(12)22-16(20)14-10-6-2-3-7-11(10)15(19)18-17-14/h2-9H,1H3,(H,18,19). The van der Waals surface area contributed by atoms with E-state index >= 15 is 0 Å². The molecule has 0 amide bonds. The zero-order chi connectivity index (χ0) is 15.5. The first-order chi connectivity index (χ1) is 10.7. The summed E-state index contributed by atoms with van der Waals surface area (Å²) in [6.45, 7) is 0. The summed E-state index contributed by atoms with van der Waals surface area (Å²) in [6, 6.07) is 13.5. The summed E-state index contributed by atoms with van der Waals surface area (Å²) in [6.07, 6.45) is 0. The normalized spacial score (nSPS) is 10.4. The zero-order valence-corrected chi connectivity index (χ0v) is 11.7. The van der Waals surface area contributed by atoms with Crippen LogP contribution in [0.5, 0.6) is 11.5 Å². The van der Waals surface area contributed by atoms with Crippen molar-refractivity contribution in [2.45, 2.75) is 0 Å². The van der Waals surface area contributed by atoms with Crippen LogP contribution >= 0.6 is 0 Å². The number of esters is 1. The fourth-order valence-electron chi connectivity index (χ4n) is 2.12. The SMILES string of the molecule is COc1ccccc1OC(=O)c1n[nH]c(=O)c2ccccc12. The molecular weight excluding hydrogens is 284 g/mol. The molecule has 6 nitrogen and oxygen atoms in total. The molecule has 0 unspecified atom stereocenters. The molecule has 0 saturated heterocycles. The minimum atomic E-state index is -0.669. The van der Waals surface area contributed by atoms with E-state index in [4.69, 9.17) is 9.47 Å². The highest BCUT2D eigenvalue weighted by molar-refractivity contribution is 6.02. The van der Waals surface area contributed by atoms with Crippen molar-refractivity contribution in [3.63, 3.8) is 0 Å². The van der Waals surface area contributed by atoms with Gasteiger partial charge in [0.1, 0.15) is 0 Å². The summed E-state index contributed by atoms with van der Waals surface area (Å²) in [5.41, 5.74) is -0.314. The summed E-state index contributed by atoms with van der Waals surface area (Å²) in [4.78, 5) is 24.1. The lowest BCUT2D eigenvalue weighted by Gasteiger charge is -2.09. The Hall–Kier alpha value is -3.15. The van der Waals surface area contributed by atoms with Gasteiger partial charge in [0.05, 0.1) is 12.5 Å². The Morgan fingerprint density at radius 1 is 1.00 bits per heavy atom. The van der Waals surface area contributed by atoms with Crippen LogP contribution in [0.1, 0.15) is 10.5 Å². The summed E-state index contributed by atoms with van der Waals surface area (Å²) >= 11 is 0. The van der Waals surface area contributed by atoms with E-state index in [0.29, 0.717) is 16.5 Å². The number of aromatic nitrogens is 2.